The number of hydrogen-bond acceptors (Lipinski definition) is 3. The second-order valence-electron chi connectivity index (χ2n) is 6.33. The van der Waals surface area contributed by atoms with Gasteiger partial charge in [0.2, 0.25) is 5.91 Å². The van der Waals surface area contributed by atoms with E-state index < -0.39 is 0 Å². The van der Waals surface area contributed by atoms with Crippen LogP contribution in [0.5, 0.6) is 5.75 Å². The molecule has 1 aromatic carbocycles. The van der Waals surface area contributed by atoms with Crippen molar-refractivity contribution in [2.24, 2.45) is 5.92 Å². The monoisotopic (exact) mass is 318 g/mol. The van der Waals surface area contributed by atoms with E-state index >= 15 is 0 Å². The first-order valence-corrected chi connectivity index (χ1v) is 8.22. The largest absolute Gasteiger partial charge is 0.497 e. The van der Waals surface area contributed by atoms with E-state index in [0.717, 1.165) is 12.2 Å². The summed E-state index contributed by atoms with van der Waals surface area (Å²) in [4.78, 5) is 28.3. The van der Waals surface area contributed by atoms with Crippen LogP contribution in [0.3, 0.4) is 0 Å². The Morgan fingerprint density at radius 3 is 2.13 bits per heavy atom. The second kappa shape index (κ2) is 7.99. The fourth-order valence-electron chi connectivity index (χ4n) is 2.65. The van der Waals surface area contributed by atoms with Crippen LogP contribution in [0.4, 0.5) is 0 Å². The van der Waals surface area contributed by atoms with Crippen molar-refractivity contribution in [1.29, 1.82) is 0 Å². The minimum Gasteiger partial charge on any atom is -0.497 e. The van der Waals surface area contributed by atoms with Crippen LogP contribution in [0, 0.1) is 5.92 Å². The van der Waals surface area contributed by atoms with Gasteiger partial charge in [-0.05, 0) is 36.6 Å². The third-order valence-corrected chi connectivity index (χ3v) is 4.19. The Kier molecular flexibility index (Phi) is 6.02. The minimum atomic E-state index is 0.0157. The van der Waals surface area contributed by atoms with E-state index in [4.69, 9.17) is 4.74 Å². The smallest absolute Gasteiger partial charge is 0.253 e. The summed E-state index contributed by atoms with van der Waals surface area (Å²) in [5.41, 5.74) is 0.658. The standard InChI is InChI=1S/C18H26N2O3/c1-14(2)4-9-17(21)19-10-12-20(13-11-19)18(22)15-5-7-16(23-3)8-6-15/h5-8,14H,4,9-13H2,1-3H3. The number of amides is 2. The molecular weight excluding hydrogens is 292 g/mol. The Bertz CT molecular complexity index is 532. The number of methoxy groups -OCH3 is 1. The quantitative estimate of drug-likeness (QED) is 0.838. The van der Waals surface area contributed by atoms with Crippen molar-refractivity contribution >= 4 is 11.8 Å². The van der Waals surface area contributed by atoms with Crippen molar-refractivity contribution in [1.82, 2.24) is 9.80 Å². The third kappa shape index (κ3) is 4.71. The highest BCUT2D eigenvalue weighted by Gasteiger charge is 2.24. The number of ether oxygens (including phenoxy) is 1. The lowest BCUT2D eigenvalue weighted by Gasteiger charge is -2.35. The lowest BCUT2D eigenvalue weighted by molar-refractivity contribution is -0.132. The van der Waals surface area contributed by atoms with Crippen molar-refractivity contribution in [3.05, 3.63) is 29.8 Å². The molecule has 0 radical (unpaired) electrons. The Labute approximate surface area is 138 Å². The molecule has 0 aliphatic carbocycles. The summed E-state index contributed by atoms with van der Waals surface area (Å²) in [6.07, 6.45) is 1.52. The molecule has 1 saturated heterocycles. The van der Waals surface area contributed by atoms with Crippen LogP contribution in [-0.4, -0.2) is 54.9 Å². The molecule has 1 aromatic rings. The van der Waals surface area contributed by atoms with Crippen LogP contribution < -0.4 is 4.74 Å². The van der Waals surface area contributed by atoms with Crippen LogP contribution in [0.25, 0.3) is 0 Å². The minimum absolute atomic E-state index is 0.0157. The predicted octanol–water partition coefficient (Wildman–Crippen LogP) is 2.42. The zero-order valence-corrected chi connectivity index (χ0v) is 14.2. The van der Waals surface area contributed by atoms with Crippen LogP contribution >= 0.6 is 0 Å². The molecule has 0 aromatic heterocycles. The molecule has 1 aliphatic heterocycles. The van der Waals surface area contributed by atoms with Gasteiger partial charge in [0.25, 0.3) is 5.91 Å². The molecule has 1 fully saturated rings. The highest BCUT2D eigenvalue weighted by molar-refractivity contribution is 5.94. The van der Waals surface area contributed by atoms with Gasteiger partial charge in [-0.25, -0.2) is 0 Å². The molecule has 0 N–H and O–H groups in total. The SMILES string of the molecule is COc1ccc(C(=O)N2CCN(C(=O)CCC(C)C)CC2)cc1. The maximum atomic E-state index is 12.5. The molecule has 0 unspecified atom stereocenters. The first kappa shape index (κ1) is 17.3. The summed E-state index contributed by atoms with van der Waals surface area (Å²) in [6, 6.07) is 7.14. The maximum absolute atomic E-state index is 12.5. The van der Waals surface area contributed by atoms with E-state index in [2.05, 4.69) is 13.8 Å². The van der Waals surface area contributed by atoms with Crippen molar-refractivity contribution in [2.45, 2.75) is 26.7 Å². The summed E-state index contributed by atoms with van der Waals surface area (Å²) in [5, 5.41) is 0. The van der Waals surface area contributed by atoms with Crippen LogP contribution in [0.15, 0.2) is 24.3 Å². The van der Waals surface area contributed by atoms with Gasteiger partial charge in [0.1, 0.15) is 5.75 Å². The van der Waals surface area contributed by atoms with Gasteiger partial charge >= 0.3 is 0 Å². The summed E-state index contributed by atoms with van der Waals surface area (Å²) in [6.45, 7) is 6.69. The van der Waals surface area contributed by atoms with Gasteiger partial charge in [-0.1, -0.05) is 13.8 Å². The average molecular weight is 318 g/mol. The Morgan fingerprint density at radius 1 is 1.04 bits per heavy atom. The summed E-state index contributed by atoms with van der Waals surface area (Å²) >= 11 is 0. The molecule has 0 atom stereocenters. The Balaban J connectivity index is 1.85. The summed E-state index contributed by atoms with van der Waals surface area (Å²) in [7, 11) is 1.60. The molecule has 1 aliphatic rings. The van der Waals surface area contributed by atoms with Gasteiger partial charge in [-0.2, -0.15) is 0 Å². The fourth-order valence-corrected chi connectivity index (χ4v) is 2.65. The number of piperazine rings is 1. The fraction of sp³-hybridized carbons (Fsp3) is 0.556. The zero-order chi connectivity index (χ0) is 16.8. The van der Waals surface area contributed by atoms with Crippen LogP contribution in [0.2, 0.25) is 0 Å². The lowest BCUT2D eigenvalue weighted by Crippen LogP contribution is -2.50. The zero-order valence-electron chi connectivity index (χ0n) is 14.2. The van der Waals surface area contributed by atoms with Crippen molar-refractivity contribution < 1.29 is 14.3 Å². The molecule has 0 bridgehead atoms. The maximum Gasteiger partial charge on any atom is 0.253 e. The van der Waals surface area contributed by atoms with Gasteiger partial charge in [-0.3, -0.25) is 9.59 Å². The van der Waals surface area contributed by atoms with E-state index in [9.17, 15) is 9.59 Å². The van der Waals surface area contributed by atoms with Crippen LogP contribution in [0.1, 0.15) is 37.0 Å². The number of carbonyl (C=O) groups is 2. The number of nitrogens with zero attached hydrogens (tertiary/aromatic N) is 2. The highest BCUT2D eigenvalue weighted by atomic mass is 16.5. The number of hydrogen-bond donors (Lipinski definition) is 0. The molecule has 2 amide bonds. The van der Waals surface area contributed by atoms with Gasteiger partial charge in [0.05, 0.1) is 7.11 Å². The topological polar surface area (TPSA) is 49.9 Å². The van der Waals surface area contributed by atoms with Gasteiger partial charge in [0, 0.05) is 38.2 Å². The third-order valence-electron chi connectivity index (χ3n) is 4.19. The molecule has 0 saturated carbocycles. The molecule has 23 heavy (non-hydrogen) atoms. The van der Waals surface area contributed by atoms with Crippen molar-refractivity contribution in [3.63, 3.8) is 0 Å². The van der Waals surface area contributed by atoms with Crippen molar-refractivity contribution in [2.75, 3.05) is 33.3 Å². The molecule has 1 heterocycles. The summed E-state index contributed by atoms with van der Waals surface area (Å²) in [5.74, 6) is 1.50. The van der Waals surface area contributed by atoms with E-state index in [0.29, 0.717) is 44.1 Å². The highest BCUT2D eigenvalue weighted by Crippen LogP contribution is 2.15. The molecule has 5 heteroatoms. The molecule has 5 nitrogen and oxygen atoms in total. The van der Waals surface area contributed by atoms with Gasteiger partial charge in [-0.15, -0.1) is 0 Å². The normalized spacial score (nSPS) is 15.0. The second-order valence-corrected chi connectivity index (χ2v) is 6.33. The Hall–Kier alpha value is -2.04. The molecule has 126 valence electrons. The van der Waals surface area contributed by atoms with Gasteiger partial charge < -0.3 is 14.5 Å². The number of carbonyl (C=O) groups excluding carboxylic acids is 2. The number of benzene rings is 1. The van der Waals surface area contributed by atoms with Crippen LogP contribution in [-0.2, 0) is 4.79 Å². The van der Waals surface area contributed by atoms with E-state index in [1.54, 1.807) is 31.4 Å². The molecule has 0 spiro atoms. The van der Waals surface area contributed by atoms with Gasteiger partial charge in [0.15, 0.2) is 0 Å². The van der Waals surface area contributed by atoms with Crippen molar-refractivity contribution in [3.8, 4) is 5.75 Å². The first-order valence-electron chi connectivity index (χ1n) is 8.22. The van der Waals surface area contributed by atoms with E-state index in [-0.39, 0.29) is 11.8 Å². The summed E-state index contributed by atoms with van der Waals surface area (Å²) < 4.78 is 5.11. The average Bonchev–Trinajstić information content (AvgIpc) is 2.59. The molecule has 2 rings (SSSR count). The van der Waals surface area contributed by atoms with E-state index in [1.807, 2.05) is 9.80 Å². The number of rotatable bonds is 5. The lowest BCUT2D eigenvalue weighted by atomic mass is 10.1. The Morgan fingerprint density at radius 2 is 1.61 bits per heavy atom. The van der Waals surface area contributed by atoms with E-state index in [1.165, 1.54) is 0 Å². The molecular formula is C18H26N2O3. The first-order chi connectivity index (χ1) is 11.0. The predicted molar refractivity (Wildman–Crippen MR) is 89.5 cm³/mol.